The van der Waals surface area contributed by atoms with Gasteiger partial charge in [-0.3, -0.25) is 9.97 Å². The molecule has 0 atom stereocenters. The van der Waals surface area contributed by atoms with Crippen LogP contribution in [0.5, 0.6) is 0 Å². The quantitative estimate of drug-likeness (QED) is 0.237. The number of benzene rings is 3. The number of fused-ring (bicyclic) bond motifs is 5. The van der Waals surface area contributed by atoms with Gasteiger partial charge in [-0.05, 0) is 76.9 Å². The molecule has 0 aliphatic carbocycles. The highest BCUT2D eigenvalue weighted by molar-refractivity contribution is 6.12. The minimum Gasteiger partial charge on any atom is -0.309 e. The molecule has 0 N–H and O–H groups in total. The lowest BCUT2D eigenvalue weighted by Crippen LogP contribution is -2.26. The number of nitrogens with zero attached hydrogens (tertiary/aromatic N) is 4. The Hall–Kier alpha value is -5.09. The number of aromatic nitrogens is 4. The largest absolute Gasteiger partial charge is 0.309 e. The molecule has 190 valence electrons. The van der Waals surface area contributed by atoms with Gasteiger partial charge < -0.3 is 4.57 Å². The summed E-state index contributed by atoms with van der Waals surface area (Å²) in [5.41, 5.74) is 12.0. The van der Waals surface area contributed by atoms with Gasteiger partial charge in [0.1, 0.15) is 0 Å². The molecular weight excluding hydrogens is 488 g/mol. The van der Waals surface area contributed by atoms with E-state index in [1.807, 2.05) is 48.8 Å². The Morgan fingerprint density at radius 1 is 0.550 bits per heavy atom. The van der Waals surface area contributed by atoms with Crippen LogP contribution in [0.15, 0.2) is 122 Å². The zero-order chi connectivity index (χ0) is 26.8. The fourth-order valence-corrected chi connectivity index (χ4v) is 6.33. The van der Waals surface area contributed by atoms with E-state index in [2.05, 4.69) is 101 Å². The summed E-state index contributed by atoms with van der Waals surface area (Å²) < 4.78 is 2.45. The number of para-hydroxylation sites is 2. The highest BCUT2D eigenvalue weighted by Gasteiger charge is 2.34. The van der Waals surface area contributed by atoms with Gasteiger partial charge in [-0.15, -0.1) is 0 Å². The Morgan fingerprint density at radius 3 is 1.93 bits per heavy atom. The van der Waals surface area contributed by atoms with Crippen molar-refractivity contribution in [1.82, 2.24) is 19.5 Å². The van der Waals surface area contributed by atoms with E-state index in [9.17, 15) is 0 Å². The van der Waals surface area contributed by atoms with Gasteiger partial charge >= 0.3 is 0 Å². The lowest BCUT2D eigenvalue weighted by Gasteiger charge is -2.34. The van der Waals surface area contributed by atoms with Crippen molar-refractivity contribution in [1.29, 1.82) is 0 Å². The monoisotopic (exact) mass is 514 g/mol. The number of hydrogen-bond acceptors (Lipinski definition) is 3. The molecule has 0 fully saturated rings. The van der Waals surface area contributed by atoms with Crippen molar-refractivity contribution < 1.29 is 0 Å². The molecule has 0 spiro atoms. The van der Waals surface area contributed by atoms with Gasteiger partial charge in [0, 0.05) is 28.6 Å². The maximum Gasteiger partial charge on any atom is 0.0900 e. The Kier molecular flexibility index (Phi) is 4.83. The molecule has 5 heterocycles. The molecule has 1 aliphatic heterocycles. The van der Waals surface area contributed by atoms with Crippen LogP contribution in [0.1, 0.15) is 25.0 Å². The van der Waals surface area contributed by atoms with Crippen LogP contribution in [0.3, 0.4) is 0 Å². The van der Waals surface area contributed by atoms with Crippen LogP contribution < -0.4 is 0 Å². The molecule has 40 heavy (non-hydrogen) atoms. The first-order valence-electron chi connectivity index (χ1n) is 13.6. The normalized spacial score (nSPS) is 13.4. The Morgan fingerprint density at radius 2 is 1.23 bits per heavy atom. The summed E-state index contributed by atoms with van der Waals surface area (Å²) in [6.07, 6.45) is 3.62. The Labute approximate surface area is 232 Å². The van der Waals surface area contributed by atoms with Gasteiger partial charge in [0.15, 0.2) is 0 Å². The average molecular weight is 515 g/mol. The summed E-state index contributed by atoms with van der Waals surface area (Å²) in [7, 11) is 0. The lowest BCUT2D eigenvalue weighted by molar-refractivity contribution is 0.630. The summed E-state index contributed by atoms with van der Waals surface area (Å²) in [4.78, 5) is 14.1. The van der Waals surface area contributed by atoms with E-state index >= 15 is 0 Å². The molecule has 0 bridgehead atoms. The number of hydrogen-bond donors (Lipinski definition) is 0. The number of rotatable bonds is 3. The fraction of sp³-hybridized carbons (Fsp3) is 0.0833. The van der Waals surface area contributed by atoms with Crippen LogP contribution in [-0.4, -0.2) is 19.5 Å². The summed E-state index contributed by atoms with van der Waals surface area (Å²) in [6, 6.07) is 38.5. The van der Waals surface area contributed by atoms with Crippen molar-refractivity contribution in [3.8, 4) is 39.6 Å². The van der Waals surface area contributed by atoms with Gasteiger partial charge in [0.25, 0.3) is 0 Å². The molecule has 4 heteroatoms. The topological polar surface area (TPSA) is 43.6 Å². The first-order valence-corrected chi connectivity index (χ1v) is 13.6. The molecule has 4 nitrogen and oxygen atoms in total. The molecule has 3 aromatic carbocycles. The van der Waals surface area contributed by atoms with E-state index < -0.39 is 0 Å². The third-order valence-electron chi connectivity index (χ3n) is 8.29. The Balaban J connectivity index is 1.39. The SMILES string of the molecule is CC1(C)c2ccccc2-n2c3ccc(-c4cc(-c5ccccn5)nc(-c5ccccn5)c4)cc3c3cccc1c32. The smallest absolute Gasteiger partial charge is 0.0900 e. The van der Waals surface area contributed by atoms with Crippen molar-refractivity contribution in [3.63, 3.8) is 0 Å². The highest BCUT2D eigenvalue weighted by Crippen LogP contribution is 2.47. The van der Waals surface area contributed by atoms with Crippen LogP contribution in [0.25, 0.3) is 61.4 Å². The molecule has 0 amide bonds. The van der Waals surface area contributed by atoms with Gasteiger partial charge in [0.05, 0.1) is 39.5 Å². The molecule has 0 saturated heterocycles. The zero-order valence-electron chi connectivity index (χ0n) is 22.3. The Bertz CT molecular complexity index is 2010. The van der Waals surface area contributed by atoms with Crippen molar-refractivity contribution in [2.75, 3.05) is 0 Å². The molecule has 0 unspecified atom stereocenters. The zero-order valence-corrected chi connectivity index (χ0v) is 22.3. The van der Waals surface area contributed by atoms with E-state index in [4.69, 9.17) is 4.98 Å². The lowest BCUT2D eigenvalue weighted by atomic mass is 9.75. The predicted octanol–water partition coefficient (Wildman–Crippen LogP) is 8.61. The van der Waals surface area contributed by atoms with Crippen LogP contribution in [0, 0.1) is 0 Å². The van der Waals surface area contributed by atoms with Gasteiger partial charge in [-0.25, -0.2) is 4.98 Å². The third-order valence-corrected chi connectivity index (χ3v) is 8.29. The molecule has 1 aliphatic rings. The molecule has 0 saturated carbocycles. The van der Waals surface area contributed by atoms with E-state index in [0.717, 1.165) is 33.9 Å². The van der Waals surface area contributed by atoms with Gasteiger partial charge in [0.2, 0.25) is 0 Å². The fourth-order valence-electron chi connectivity index (χ4n) is 6.33. The first-order chi connectivity index (χ1) is 19.6. The van der Waals surface area contributed by atoms with Crippen molar-refractivity contribution >= 4 is 21.8 Å². The molecule has 7 aromatic rings. The maximum absolute atomic E-state index is 4.96. The highest BCUT2D eigenvalue weighted by atomic mass is 15.0. The van der Waals surface area contributed by atoms with E-state index in [0.29, 0.717) is 0 Å². The van der Waals surface area contributed by atoms with Crippen LogP contribution in [0.2, 0.25) is 0 Å². The molecular formula is C36H26N4. The van der Waals surface area contributed by atoms with Gasteiger partial charge in [-0.2, -0.15) is 0 Å². The van der Waals surface area contributed by atoms with E-state index in [1.54, 1.807) is 0 Å². The second kappa shape index (κ2) is 8.45. The van der Waals surface area contributed by atoms with E-state index in [-0.39, 0.29) is 5.41 Å². The number of pyridine rings is 3. The van der Waals surface area contributed by atoms with Crippen molar-refractivity contribution in [2.24, 2.45) is 0 Å². The second-order valence-electron chi connectivity index (χ2n) is 11.0. The van der Waals surface area contributed by atoms with E-state index in [1.165, 1.54) is 38.6 Å². The summed E-state index contributed by atoms with van der Waals surface area (Å²) in [5.74, 6) is 0. The van der Waals surface area contributed by atoms with Crippen molar-refractivity contribution in [2.45, 2.75) is 19.3 Å². The minimum absolute atomic E-state index is 0.0798. The summed E-state index contributed by atoms with van der Waals surface area (Å²) >= 11 is 0. The molecule has 0 radical (unpaired) electrons. The third kappa shape index (κ3) is 3.29. The van der Waals surface area contributed by atoms with Crippen molar-refractivity contribution in [3.05, 3.63) is 133 Å². The van der Waals surface area contributed by atoms with Crippen LogP contribution >= 0.6 is 0 Å². The maximum atomic E-state index is 4.96. The van der Waals surface area contributed by atoms with Crippen LogP contribution in [0.4, 0.5) is 0 Å². The van der Waals surface area contributed by atoms with Gasteiger partial charge in [-0.1, -0.05) is 68.4 Å². The average Bonchev–Trinajstić information content (AvgIpc) is 3.35. The minimum atomic E-state index is -0.0798. The molecule has 4 aromatic heterocycles. The predicted molar refractivity (Wildman–Crippen MR) is 163 cm³/mol. The molecule has 8 rings (SSSR count). The summed E-state index contributed by atoms with van der Waals surface area (Å²) in [6.45, 7) is 4.67. The first kappa shape index (κ1) is 22.9. The van der Waals surface area contributed by atoms with Crippen LogP contribution in [-0.2, 0) is 5.41 Å². The second-order valence-corrected chi connectivity index (χ2v) is 11.0. The summed E-state index contributed by atoms with van der Waals surface area (Å²) in [5, 5.41) is 2.53. The standard InChI is InChI=1S/C36H26N4/c1-36(2)27-11-3-4-15-34(27)40-33-17-16-23(20-26(33)25-10-9-12-28(36)35(25)40)24-21-31(29-13-5-7-18-37-29)39-32(22-24)30-14-6-8-19-38-30/h3-22H,1-2H3.